The Balaban J connectivity index is 3.53. The number of hydrogen-bond donors (Lipinski definition) is 1. The van der Waals surface area contributed by atoms with Crippen LogP contribution in [0.5, 0.6) is 0 Å². The second-order valence-electron chi connectivity index (χ2n) is 10.5. The summed E-state index contributed by atoms with van der Waals surface area (Å²) in [5.41, 5.74) is 0. The summed E-state index contributed by atoms with van der Waals surface area (Å²) in [6.07, 6.45) is 43.8. The minimum atomic E-state index is -0.658. The summed E-state index contributed by atoms with van der Waals surface area (Å²) in [4.78, 5) is 10.5. The molecule has 0 unspecified atom stereocenters. The zero-order valence-electron chi connectivity index (χ0n) is 24.0. The third-order valence-electron chi connectivity index (χ3n) is 6.56. The van der Waals surface area contributed by atoms with Crippen molar-refractivity contribution in [2.24, 2.45) is 11.8 Å². The van der Waals surface area contributed by atoms with Gasteiger partial charge in [0.15, 0.2) is 0 Å². The molecule has 0 amide bonds. The Kier molecular flexibility index (Phi) is 26.3. The van der Waals surface area contributed by atoms with Crippen LogP contribution in [0.4, 0.5) is 0 Å². The van der Waals surface area contributed by atoms with Crippen molar-refractivity contribution in [1.82, 2.24) is 0 Å². The minimum absolute atomic E-state index is 0.335. The highest BCUT2D eigenvalue weighted by Crippen LogP contribution is 2.16. The number of carboxylic acids is 1. The number of unbranched alkanes of at least 4 members (excludes halogenated alkanes) is 14. The van der Waals surface area contributed by atoms with E-state index in [4.69, 9.17) is 5.11 Å². The van der Waals surface area contributed by atoms with Crippen LogP contribution in [-0.4, -0.2) is 11.1 Å². The molecular formula is C34H58O2. The fourth-order valence-corrected chi connectivity index (χ4v) is 4.41. The molecule has 0 spiro atoms. The Labute approximate surface area is 224 Å². The Morgan fingerprint density at radius 2 is 1.06 bits per heavy atom. The zero-order valence-corrected chi connectivity index (χ0v) is 24.0. The molecule has 36 heavy (non-hydrogen) atoms. The number of hydrogen-bond acceptors (Lipinski definition) is 1. The summed E-state index contributed by atoms with van der Waals surface area (Å²) in [6.45, 7) is 6.84. The van der Waals surface area contributed by atoms with Crippen molar-refractivity contribution in [3.63, 3.8) is 0 Å². The van der Waals surface area contributed by atoms with E-state index in [-0.39, 0.29) is 0 Å². The monoisotopic (exact) mass is 498 g/mol. The molecule has 0 aromatic carbocycles. The summed E-state index contributed by atoms with van der Waals surface area (Å²) in [5, 5.41) is 8.62. The highest BCUT2D eigenvalue weighted by molar-refractivity contribution is 5.66. The molecule has 0 aliphatic heterocycles. The lowest BCUT2D eigenvalue weighted by atomic mass is 9.96. The first-order valence-electron chi connectivity index (χ1n) is 15.1. The largest absolute Gasteiger partial charge is 0.481 e. The summed E-state index contributed by atoms with van der Waals surface area (Å²) >= 11 is 0. The van der Waals surface area contributed by atoms with Crippen LogP contribution in [0.25, 0.3) is 0 Å². The molecule has 206 valence electrons. The highest BCUT2D eigenvalue weighted by Gasteiger charge is 2.02. The van der Waals surface area contributed by atoms with E-state index in [1.165, 1.54) is 89.9 Å². The fourth-order valence-electron chi connectivity index (χ4n) is 4.41. The van der Waals surface area contributed by atoms with E-state index in [0.29, 0.717) is 18.3 Å². The number of allylic oxidation sites excluding steroid dienone is 10. The Morgan fingerprint density at radius 1 is 0.583 bits per heavy atom. The maximum Gasteiger partial charge on any atom is 0.303 e. The first-order chi connectivity index (χ1) is 17.6. The van der Waals surface area contributed by atoms with Gasteiger partial charge in [-0.25, -0.2) is 0 Å². The van der Waals surface area contributed by atoms with Crippen molar-refractivity contribution in [3.8, 4) is 0 Å². The lowest BCUT2D eigenvalue weighted by molar-refractivity contribution is -0.137. The maximum atomic E-state index is 10.5. The predicted octanol–water partition coefficient (Wildman–Crippen LogP) is 11.2. The molecule has 0 saturated heterocycles. The Morgan fingerprint density at radius 3 is 1.61 bits per heavy atom. The third-order valence-corrected chi connectivity index (χ3v) is 6.56. The first kappa shape index (κ1) is 34.2. The average Bonchev–Trinajstić information content (AvgIpc) is 2.84. The van der Waals surface area contributed by atoms with Gasteiger partial charge in [-0.1, -0.05) is 159 Å². The lowest BCUT2D eigenvalue weighted by Gasteiger charge is -2.10. The summed E-state index contributed by atoms with van der Waals surface area (Å²) in [6, 6.07) is 0. The van der Waals surface area contributed by atoms with Crippen LogP contribution in [0.15, 0.2) is 60.8 Å². The average molecular weight is 499 g/mol. The second-order valence-corrected chi connectivity index (χ2v) is 10.5. The molecule has 0 bridgehead atoms. The van der Waals surface area contributed by atoms with Gasteiger partial charge in [0.2, 0.25) is 0 Å². The molecule has 1 N–H and O–H groups in total. The molecule has 0 aliphatic carbocycles. The Hall–Kier alpha value is -1.83. The number of aliphatic carboxylic acids is 1. The molecule has 2 heteroatoms. The number of rotatable bonds is 25. The molecule has 0 aliphatic rings. The summed E-state index contributed by atoms with van der Waals surface area (Å²) < 4.78 is 0. The van der Waals surface area contributed by atoms with E-state index in [1.807, 2.05) is 0 Å². The van der Waals surface area contributed by atoms with Gasteiger partial charge in [0.25, 0.3) is 0 Å². The SMILES string of the molecule is CCCC=CC=CC=CC=C[C@H](C)C[C@@H](C)C=CCCCCCCCCCCCCCCCC(=O)O. The van der Waals surface area contributed by atoms with E-state index in [0.717, 1.165) is 19.3 Å². The summed E-state index contributed by atoms with van der Waals surface area (Å²) in [7, 11) is 0. The van der Waals surface area contributed by atoms with Gasteiger partial charge < -0.3 is 5.11 Å². The normalized spacial score (nSPS) is 14.3. The minimum Gasteiger partial charge on any atom is -0.481 e. The van der Waals surface area contributed by atoms with Gasteiger partial charge in [-0.15, -0.1) is 0 Å². The van der Waals surface area contributed by atoms with E-state index in [9.17, 15) is 4.79 Å². The first-order valence-corrected chi connectivity index (χ1v) is 15.1. The smallest absolute Gasteiger partial charge is 0.303 e. The van der Waals surface area contributed by atoms with Crippen molar-refractivity contribution in [2.75, 3.05) is 0 Å². The van der Waals surface area contributed by atoms with Gasteiger partial charge >= 0.3 is 5.97 Å². The van der Waals surface area contributed by atoms with Gasteiger partial charge in [-0.2, -0.15) is 0 Å². The van der Waals surface area contributed by atoms with Crippen LogP contribution in [0.1, 0.15) is 136 Å². The van der Waals surface area contributed by atoms with Crippen molar-refractivity contribution >= 4 is 5.97 Å². The topological polar surface area (TPSA) is 37.3 Å². The van der Waals surface area contributed by atoms with Crippen LogP contribution in [0.3, 0.4) is 0 Å². The van der Waals surface area contributed by atoms with E-state index in [1.54, 1.807) is 0 Å². The second kappa shape index (κ2) is 27.8. The van der Waals surface area contributed by atoms with Crippen molar-refractivity contribution in [2.45, 2.75) is 136 Å². The zero-order chi connectivity index (χ0) is 26.5. The van der Waals surface area contributed by atoms with Gasteiger partial charge in [0.1, 0.15) is 0 Å². The molecule has 2 atom stereocenters. The molecule has 0 aromatic heterocycles. The van der Waals surface area contributed by atoms with Gasteiger partial charge in [-0.3, -0.25) is 4.79 Å². The summed E-state index contributed by atoms with van der Waals surface area (Å²) in [5.74, 6) is 0.586. The quantitative estimate of drug-likeness (QED) is 0.0771. The third kappa shape index (κ3) is 28.4. The van der Waals surface area contributed by atoms with Crippen molar-refractivity contribution in [1.29, 1.82) is 0 Å². The standard InChI is InChI=1S/C34H58O2/c1-4-5-6-7-8-16-19-22-25-28-32(2)31-33(3)29-26-23-20-17-14-12-10-9-11-13-15-18-21-24-27-30-34(35)36/h6-8,16,19,22,25-26,28-29,32-33H,4-5,9-15,17-18,20-21,23-24,27,30-31H2,1-3H3,(H,35,36)/t32-,33-/m0/s1. The molecule has 0 radical (unpaired) electrons. The molecule has 2 nitrogen and oxygen atoms in total. The van der Waals surface area contributed by atoms with Crippen LogP contribution >= 0.6 is 0 Å². The number of carbonyl (C=O) groups is 1. The molecule has 0 aromatic rings. The lowest BCUT2D eigenvalue weighted by Crippen LogP contribution is -1.97. The predicted molar refractivity (Wildman–Crippen MR) is 160 cm³/mol. The number of carboxylic acid groups (broad SMARTS) is 1. The van der Waals surface area contributed by atoms with Crippen molar-refractivity contribution < 1.29 is 9.90 Å². The molecule has 0 heterocycles. The van der Waals surface area contributed by atoms with Gasteiger partial charge in [-0.05, 0) is 43.9 Å². The van der Waals surface area contributed by atoms with Crippen LogP contribution in [-0.2, 0) is 4.79 Å². The molecule has 0 rings (SSSR count). The van der Waals surface area contributed by atoms with Crippen molar-refractivity contribution in [3.05, 3.63) is 60.8 Å². The maximum absolute atomic E-state index is 10.5. The van der Waals surface area contributed by atoms with Gasteiger partial charge in [0.05, 0.1) is 0 Å². The van der Waals surface area contributed by atoms with Gasteiger partial charge in [0, 0.05) is 6.42 Å². The van der Waals surface area contributed by atoms with E-state index in [2.05, 4.69) is 81.5 Å². The van der Waals surface area contributed by atoms with Crippen LogP contribution in [0, 0.1) is 11.8 Å². The van der Waals surface area contributed by atoms with Crippen LogP contribution < -0.4 is 0 Å². The van der Waals surface area contributed by atoms with E-state index >= 15 is 0 Å². The van der Waals surface area contributed by atoms with E-state index < -0.39 is 5.97 Å². The molecule has 0 saturated carbocycles. The Bertz CT molecular complexity index is 623. The highest BCUT2D eigenvalue weighted by atomic mass is 16.4. The van der Waals surface area contributed by atoms with Crippen LogP contribution in [0.2, 0.25) is 0 Å². The molecule has 0 fully saturated rings. The fraction of sp³-hybridized carbons (Fsp3) is 0.676. The molecular weight excluding hydrogens is 440 g/mol.